The van der Waals surface area contributed by atoms with Crippen molar-refractivity contribution in [2.75, 3.05) is 11.9 Å². The van der Waals surface area contributed by atoms with Crippen LogP contribution in [0.3, 0.4) is 0 Å². The van der Waals surface area contributed by atoms with Crippen molar-refractivity contribution < 1.29 is 4.79 Å². The average Bonchev–Trinajstić information content (AvgIpc) is 3.04. The topological polar surface area (TPSA) is 66.9 Å². The fourth-order valence-corrected chi connectivity index (χ4v) is 2.62. The van der Waals surface area contributed by atoms with E-state index in [1.165, 1.54) is 11.3 Å². The molecule has 2 rings (SSSR count). The molecule has 5 nitrogen and oxygen atoms in total. The predicted molar refractivity (Wildman–Crippen MR) is 74.2 cm³/mol. The first-order valence-corrected chi connectivity index (χ1v) is 7.42. The maximum Gasteiger partial charge on any atom is 0.282 e. The van der Waals surface area contributed by atoms with Crippen LogP contribution in [0.4, 0.5) is 5.13 Å². The van der Waals surface area contributed by atoms with Crippen molar-refractivity contribution in [2.24, 2.45) is 0 Å². The summed E-state index contributed by atoms with van der Waals surface area (Å²) in [6.07, 6.45) is 1.01. The number of amides is 1. The molecular weight excluding hydrogens is 268 g/mol. The van der Waals surface area contributed by atoms with Gasteiger partial charge in [0.2, 0.25) is 10.1 Å². The second-order valence-corrected chi connectivity index (χ2v) is 5.41. The molecule has 0 spiro atoms. The standard InChI is InChI=1S/C11H14N4OS2/c1-2-4-12-11-15-14-10(18-11)9(16)13-6-8-3-5-17-7-8/h3,5,7H,2,4,6H2,1H3,(H,12,15)(H,13,16). The number of carbonyl (C=O) groups excluding carboxylic acids is 1. The van der Waals surface area contributed by atoms with Crippen LogP contribution < -0.4 is 10.6 Å². The van der Waals surface area contributed by atoms with Crippen molar-refractivity contribution in [2.45, 2.75) is 19.9 Å². The molecule has 1 amide bonds. The number of hydrogen-bond donors (Lipinski definition) is 2. The fraction of sp³-hybridized carbons (Fsp3) is 0.364. The van der Waals surface area contributed by atoms with Crippen LogP contribution in [0.25, 0.3) is 0 Å². The Morgan fingerprint density at radius 2 is 2.33 bits per heavy atom. The molecule has 2 aromatic rings. The number of carbonyl (C=O) groups is 1. The van der Waals surface area contributed by atoms with E-state index >= 15 is 0 Å². The largest absolute Gasteiger partial charge is 0.360 e. The Morgan fingerprint density at radius 3 is 3.06 bits per heavy atom. The minimum atomic E-state index is -0.178. The Hall–Kier alpha value is -1.47. The van der Waals surface area contributed by atoms with Gasteiger partial charge in [-0.2, -0.15) is 11.3 Å². The zero-order valence-corrected chi connectivity index (χ0v) is 11.6. The van der Waals surface area contributed by atoms with Gasteiger partial charge in [0, 0.05) is 13.1 Å². The molecule has 2 aromatic heterocycles. The second kappa shape index (κ2) is 6.46. The number of aromatic nitrogens is 2. The molecule has 0 bridgehead atoms. The zero-order chi connectivity index (χ0) is 12.8. The highest BCUT2D eigenvalue weighted by molar-refractivity contribution is 7.17. The SMILES string of the molecule is CCCNc1nnc(C(=O)NCc2ccsc2)s1. The van der Waals surface area contributed by atoms with Crippen LogP contribution >= 0.6 is 22.7 Å². The Bertz CT molecular complexity index is 495. The molecule has 2 heterocycles. The van der Waals surface area contributed by atoms with Gasteiger partial charge in [-0.1, -0.05) is 18.3 Å². The molecule has 0 unspecified atom stereocenters. The van der Waals surface area contributed by atoms with Gasteiger partial charge in [-0.3, -0.25) is 4.79 Å². The van der Waals surface area contributed by atoms with Crippen LogP contribution in [-0.2, 0) is 6.54 Å². The smallest absolute Gasteiger partial charge is 0.282 e. The molecule has 96 valence electrons. The highest BCUT2D eigenvalue weighted by atomic mass is 32.1. The highest BCUT2D eigenvalue weighted by Gasteiger charge is 2.12. The average molecular weight is 282 g/mol. The maximum atomic E-state index is 11.8. The van der Waals surface area contributed by atoms with E-state index in [1.807, 2.05) is 16.8 Å². The van der Waals surface area contributed by atoms with E-state index < -0.39 is 0 Å². The molecule has 0 atom stereocenters. The van der Waals surface area contributed by atoms with Crippen LogP contribution in [-0.4, -0.2) is 22.6 Å². The van der Waals surface area contributed by atoms with Gasteiger partial charge >= 0.3 is 0 Å². The summed E-state index contributed by atoms with van der Waals surface area (Å²) in [5.74, 6) is -0.178. The van der Waals surface area contributed by atoms with Crippen LogP contribution in [0.15, 0.2) is 16.8 Å². The molecular formula is C11H14N4OS2. The predicted octanol–water partition coefficient (Wildman–Crippen LogP) is 2.35. The van der Waals surface area contributed by atoms with Crippen molar-refractivity contribution in [1.82, 2.24) is 15.5 Å². The van der Waals surface area contributed by atoms with Crippen LogP contribution in [0.5, 0.6) is 0 Å². The van der Waals surface area contributed by atoms with E-state index in [0.717, 1.165) is 18.5 Å². The number of thiophene rings is 1. The van der Waals surface area contributed by atoms with Crippen LogP contribution in [0.2, 0.25) is 0 Å². The number of nitrogens with one attached hydrogen (secondary N) is 2. The first kappa shape index (κ1) is 13.0. The quantitative estimate of drug-likeness (QED) is 0.853. The Morgan fingerprint density at radius 1 is 1.44 bits per heavy atom. The zero-order valence-electron chi connectivity index (χ0n) is 9.97. The van der Waals surface area contributed by atoms with Crippen LogP contribution in [0, 0.1) is 0 Å². The van der Waals surface area contributed by atoms with Gasteiger partial charge in [0.25, 0.3) is 5.91 Å². The van der Waals surface area contributed by atoms with Gasteiger partial charge < -0.3 is 10.6 Å². The van der Waals surface area contributed by atoms with Crippen molar-refractivity contribution in [3.63, 3.8) is 0 Å². The minimum absolute atomic E-state index is 0.178. The van der Waals surface area contributed by atoms with Crippen molar-refractivity contribution in [3.8, 4) is 0 Å². The molecule has 2 N–H and O–H groups in total. The van der Waals surface area contributed by atoms with Gasteiger partial charge in [-0.25, -0.2) is 0 Å². The van der Waals surface area contributed by atoms with E-state index in [9.17, 15) is 4.79 Å². The lowest BCUT2D eigenvalue weighted by atomic mass is 10.3. The maximum absolute atomic E-state index is 11.8. The summed E-state index contributed by atoms with van der Waals surface area (Å²) in [6, 6.07) is 1.99. The second-order valence-electron chi connectivity index (χ2n) is 3.65. The number of hydrogen-bond acceptors (Lipinski definition) is 6. The molecule has 0 aliphatic carbocycles. The van der Waals surface area contributed by atoms with E-state index in [-0.39, 0.29) is 5.91 Å². The molecule has 0 fully saturated rings. The summed E-state index contributed by atoms with van der Waals surface area (Å²) in [5.41, 5.74) is 1.10. The Labute approximate surface area is 113 Å². The van der Waals surface area contributed by atoms with Crippen LogP contribution in [0.1, 0.15) is 28.7 Å². The fourth-order valence-electron chi connectivity index (χ4n) is 1.27. The van der Waals surface area contributed by atoms with E-state index in [1.54, 1.807) is 11.3 Å². The summed E-state index contributed by atoms with van der Waals surface area (Å²) in [7, 11) is 0. The van der Waals surface area contributed by atoms with E-state index in [2.05, 4.69) is 27.8 Å². The third-order valence-corrected chi connectivity index (χ3v) is 3.79. The summed E-state index contributed by atoms with van der Waals surface area (Å²) in [4.78, 5) is 11.8. The molecule has 0 aromatic carbocycles. The monoisotopic (exact) mass is 282 g/mol. The normalized spacial score (nSPS) is 10.3. The highest BCUT2D eigenvalue weighted by Crippen LogP contribution is 2.15. The summed E-state index contributed by atoms with van der Waals surface area (Å²) >= 11 is 2.89. The van der Waals surface area contributed by atoms with Crippen molar-refractivity contribution in [3.05, 3.63) is 27.4 Å². The van der Waals surface area contributed by atoms with Crippen molar-refractivity contribution >= 4 is 33.7 Å². The molecule has 0 saturated carbocycles. The molecule has 0 radical (unpaired) electrons. The summed E-state index contributed by atoms with van der Waals surface area (Å²) in [5, 5.41) is 18.8. The molecule has 18 heavy (non-hydrogen) atoms. The first-order chi connectivity index (χ1) is 8.79. The lowest BCUT2D eigenvalue weighted by Gasteiger charge is -1.99. The van der Waals surface area contributed by atoms with Gasteiger partial charge in [0.1, 0.15) is 0 Å². The lowest BCUT2D eigenvalue weighted by molar-refractivity contribution is 0.0950. The Kier molecular flexibility index (Phi) is 4.66. The molecule has 0 aliphatic heterocycles. The Balaban J connectivity index is 1.86. The van der Waals surface area contributed by atoms with Gasteiger partial charge in [0.05, 0.1) is 0 Å². The van der Waals surface area contributed by atoms with E-state index in [4.69, 9.17) is 0 Å². The van der Waals surface area contributed by atoms with Gasteiger partial charge in [-0.05, 0) is 28.8 Å². The molecule has 0 aliphatic rings. The van der Waals surface area contributed by atoms with Crippen molar-refractivity contribution in [1.29, 1.82) is 0 Å². The van der Waals surface area contributed by atoms with Gasteiger partial charge in [0.15, 0.2) is 0 Å². The minimum Gasteiger partial charge on any atom is -0.360 e. The third-order valence-electron chi connectivity index (χ3n) is 2.18. The first-order valence-electron chi connectivity index (χ1n) is 5.66. The van der Waals surface area contributed by atoms with E-state index in [0.29, 0.717) is 16.7 Å². The molecule has 0 saturated heterocycles. The summed E-state index contributed by atoms with van der Waals surface area (Å²) < 4.78 is 0. The number of nitrogens with zero attached hydrogens (tertiary/aromatic N) is 2. The van der Waals surface area contributed by atoms with Gasteiger partial charge in [-0.15, -0.1) is 10.2 Å². The third kappa shape index (κ3) is 3.51. The number of rotatable bonds is 6. The summed E-state index contributed by atoms with van der Waals surface area (Å²) in [6.45, 7) is 3.44. The lowest BCUT2D eigenvalue weighted by Crippen LogP contribution is -2.22. The molecule has 7 heteroatoms. The number of anilines is 1.